The van der Waals surface area contributed by atoms with E-state index in [0.717, 1.165) is 18.4 Å². The highest BCUT2D eigenvalue weighted by Crippen LogP contribution is 2.30. The molecule has 3 rings (SSSR count). The predicted molar refractivity (Wildman–Crippen MR) is 95.8 cm³/mol. The highest BCUT2D eigenvalue weighted by molar-refractivity contribution is 5.88. The van der Waals surface area contributed by atoms with Gasteiger partial charge in [-0.3, -0.25) is 5.32 Å². The number of anilines is 1. The van der Waals surface area contributed by atoms with Gasteiger partial charge in [0, 0.05) is 25.3 Å². The van der Waals surface area contributed by atoms with Gasteiger partial charge in [0.2, 0.25) is 5.89 Å². The molecule has 3 heterocycles. The van der Waals surface area contributed by atoms with E-state index in [9.17, 15) is 4.79 Å². The maximum absolute atomic E-state index is 12.5. The van der Waals surface area contributed by atoms with E-state index in [2.05, 4.69) is 25.8 Å². The zero-order valence-electron chi connectivity index (χ0n) is 15.4. The van der Waals surface area contributed by atoms with Gasteiger partial charge in [0.1, 0.15) is 11.9 Å². The molecule has 0 radical (unpaired) electrons. The average Bonchev–Trinajstić information content (AvgIpc) is 3.12. The van der Waals surface area contributed by atoms with Gasteiger partial charge >= 0.3 is 6.03 Å². The third-order valence-electron chi connectivity index (χ3n) is 4.42. The third-order valence-corrected chi connectivity index (χ3v) is 4.42. The number of carbonyl (C=O) groups excluding carboxylic acids is 1. The number of aromatic nitrogens is 3. The van der Waals surface area contributed by atoms with Crippen molar-refractivity contribution in [1.29, 1.82) is 0 Å². The van der Waals surface area contributed by atoms with Crippen LogP contribution in [0.25, 0.3) is 0 Å². The predicted octanol–water partition coefficient (Wildman–Crippen LogP) is 3.19. The second kappa shape index (κ2) is 8.27. The lowest BCUT2D eigenvalue weighted by Gasteiger charge is -2.28. The molecule has 8 heteroatoms. The quantitative estimate of drug-likeness (QED) is 0.850. The molecule has 0 bridgehead atoms. The van der Waals surface area contributed by atoms with Crippen molar-refractivity contribution in [3.63, 3.8) is 0 Å². The van der Waals surface area contributed by atoms with Gasteiger partial charge in [0.25, 0.3) is 0 Å². The van der Waals surface area contributed by atoms with Gasteiger partial charge in [0.05, 0.1) is 0 Å². The highest BCUT2D eigenvalue weighted by Gasteiger charge is 2.31. The minimum Gasteiger partial charge on any atom is -0.381 e. The largest absolute Gasteiger partial charge is 0.381 e. The standard InChI is InChI=1S/C18H25N5O3/c1-11(2)16-22-17(26-23-16)15(13-6-8-25-9-7-13)21-18(24)20-14-5-4-12(3)10-19-14/h4-5,10-11,13,15H,6-9H2,1-3H3,(H2,19,20,21,24)/t15-/m1/s1. The van der Waals surface area contributed by atoms with Crippen LogP contribution in [0.3, 0.4) is 0 Å². The van der Waals surface area contributed by atoms with Gasteiger partial charge in [-0.15, -0.1) is 0 Å². The first-order valence-corrected chi connectivity index (χ1v) is 8.94. The Labute approximate surface area is 152 Å². The number of hydrogen-bond acceptors (Lipinski definition) is 6. The smallest absolute Gasteiger partial charge is 0.321 e. The van der Waals surface area contributed by atoms with Crippen molar-refractivity contribution in [2.45, 2.75) is 45.6 Å². The summed E-state index contributed by atoms with van der Waals surface area (Å²) in [5, 5.41) is 9.76. The molecule has 1 saturated heterocycles. The molecule has 0 saturated carbocycles. The lowest BCUT2D eigenvalue weighted by molar-refractivity contribution is 0.0506. The number of ether oxygens (including phenoxy) is 1. The molecule has 26 heavy (non-hydrogen) atoms. The molecule has 0 aromatic carbocycles. The lowest BCUT2D eigenvalue weighted by atomic mass is 9.91. The average molecular weight is 359 g/mol. The van der Waals surface area contributed by atoms with Crippen molar-refractivity contribution in [1.82, 2.24) is 20.4 Å². The maximum atomic E-state index is 12.5. The van der Waals surface area contributed by atoms with E-state index >= 15 is 0 Å². The zero-order valence-corrected chi connectivity index (χ0v) is 15.4. The Morgan fingerprint density at radius 3 is 2.65 bits per heavy atom. The number of aryl methyl sites for hydroxylation is 1. The number of nitrogens with zero attached hydrogens (tertiary/aromatic N) is 3. The van der Waals surface area contributed by atoms with Crippen LogP contribution in [0.2, 0.25) is 0 Å². The summed E-state index contributed by atoms with van der Waals surface area (Å²) in [6, 6.07) is 2.96. The van der Waals surface area contributed by atoms with E-state index in [1.54, 1.807) is 12.3 Å². The summed E-state index contributed by atoms with van der Waals surface area (Å²) in [5.41, 5.74) is 1.03. The molecule has 1 atom stereocenters. The SMILES string of the molecule is Cc1ccc(NC(=O)N[C@@H](c2nc(C(C)C)no2)C2CCOCC2)nc1. The second-order valence-electron chi connectivity index (χ2n) is 6.89. The van der Waals surface area contributed by atoms with Crippen molar-refractivity contribution >= 4 is 11.8 Å². The van der Waals surface area contributed by atoms with Crippen molar-refractivity contribution in [2.75, 3.05) is 18.5 Å². The van der Waals surface area contributed by atoms with Crippen molar-refractivity contribution in [2.24, 2.45) is 5.92 Å². The molecule has 2 aromatic rings. The molecule has 0 spiro atoms. The summed E-state index contributed by atoms with van der Waals surface area (Å²) in [5.74, 6) is 1.91. The summed E-state index contributed by atoms with van der Waals surface area (Å²) in [7, 11) is 0. The van der Waals surface area contributed by atoms with Gasteiger partial charge in [-0.25, -0.2) is 9.78 Å². The Kier molecular flexibility index (Phi) is 5.82. The molecular weight excluding hydrogens is 334 g/mol. The summed E-state index contributed by atoms with van der Waals surface area (Å²) < 4.78 is 10.9. The van der Waals surface area contributed by atoms with Crippen LogP contribution in [-0.2, 0) is 4.74 Å². The molecule has 2 amide bonds. The van der Waals surface area contributed by atoms with Crippen LogP contribution in [0.1, 0.15) is 55.9 Å². The van der Waals surface area contributed by atoms with E-state index in [-0.39, 0.29) is 23.9 Å². The van der Waals surface area contributed by atoms with Gasteiger partial charge < -0.3 is 14.6 Å². The number of amides is 2. The van der Waals surface area contributed by atoms with Crippen LogP contribution in [0.4, 0.5) is 10.6 Å². The fourth-order valence-corrected chi connectivity index (χ4v) is 2.87. The zero-order chi connectivity index (χ0) is 18.5. The van der Waals surface area contributed by atoms with Gasteiger partial charge in [0.15, 0.2) is 5.82 Å². The van der Waals surface area contributed by atoms with E-state index in [0.29, 0.717) is 30.7 Å². The summed E-state index contributed by atoms with van der Waals surface area (Å²) in [6.45, 7) is 7.27. The molecule has 140 valence electrons. The Hall–Kier alpha value is -2.48. The van der Waals surface area contributed by atoms with Crippen molar-refractivity contribution in [3.05, 3.63) is 35.6 Å². The van der Waals surface area contributed by atoms with Gasteiger partial charge in [-0.05, 0) is 37.3 Å². The molecular formula is C18H25N5O3. The third kappa shape index (κ3) is 4.57. The summed E-state index contributed by atoms with van der Waals surface area (Å²) in [4.78, 5) is 21.2. The van der Waals surface area contributed by atoms with E-state index < -0.39 is 0 Å². The lowest BCUT2D eigenvalue weighted by Crippen LogP contribution is -2.38. The Morgan fingerprint density at radius 1 is 1.27 bits per heavy atom. The van der Waals surface area contributed by atoms with Gasteiger partial charge in [-0.1, -0.05) is 25.1 Å². The Morgan fingerprint density at radius 2 is 2.04 bits per heavy atom. The van der Waals surface area contributed by atoms with E-state index in [1.165, 1.54) is 0 Å². The minimum absolute atomic E-state index is 0.161. The highest BCUT2D eigenvalue weighted by atomic mass is 16.5. The molecule has 1 aliphatic heterocycles. The molecule has 2 aromatic heterocycles. The first-order valence-electron chi connectivity index (χ1n) is 8.94. The van der Waals surface area contributed by atoms with Crippen LogP contribution < -0.4 is 10.6 Å². The fourth-order valence-electron chi connectivity index (χ4n) is 2.87. The van der Waals surface area contributed by atoms with Crippen LogP contribution >= 0.6 is 0 Å². The molecule has 8 nitrogen and oxygen atoms in total. The summed E-state index contributed by atoms with van der Waals surface area (Å²) >= 11 is 0. The molecule has 1 fully saturated rings. The number of hydrogen-bond donors (Lipinski definition) is 2. The number of carbonyl (C=O) groups is 1. The second-order valence-corrected chi connectivity index (χ2v) is 6.89. The maximum Gasteiger partial charge on any atom is 0.321 e. The van der Waals surface area contributed by atoms with Crippen LogP contribution in [-0.4, -0.2) is 34.4 Å². The first-order chi connectivity index (χ1) is 12.5. The van der Waals surface area contributed by atoms with E-state index in [4.69, 9.17) is 9.26 Å². The monoisotopic (exact) mass is 359 g/mol. The van der Waals surface area contributed by atoms with Crippen LogP contribution in [0, 0.1) is 12.8 Å². The van der Waals surface area contributed by atoms with Crippen LogP contribution in [0.5, 0.6) is 0 Å². The van der Waals surface area contributed by atoms with Crippen molar-refractivity contribution < 1.29 is 14.1 Å². The van der Waals surface area contributed by atoms with E-state index in [1.807, 2.05) is 26.8 Å². The summed E-state index contributed by atoms with van der Waals surface area (Å²) in [6.07, 6.45) is 3.36. The minimum atomic E-state index is -0.357. The van der Waals surface area contributed by atoms with Crippen LogP contribution in [0.15, 0.2) is 22.9 Å². The van der Waals surface area contributed by atoms with Gasteiger partial charge in [-0.2, -0.15) is 4.98 Å². The number of pyridine rings is 1. The Bertz CT molecular complexity index is 723. The normalized spacial score (nSPS) is 16.5. The fraction of sp³-hybridized carbons (Fsp3) is 0.556. The molecule has 2 N–H and O–H groups in total. The Balaban J connectivity index is 1.73. The van der Waals surface area contributed by atoms with Crippen molar-refractivity contribution in [3.8, 4) is 0 Å². The molecule has 0 unspecified atom stereocenters. The topological polar surface area (TPSA) is 102 Å². The molecule has 0 aliphatic carbocycles. The first kappa shape index (κ1) is 18.3. The number of rotatable bonds is 5. The number of urea groups is 1. The number of nitrogens with one attached hydrogen (secondary N) is 2. The molecule has 1 aliphatic rings.